The molecule has 1 fully saturated rings. The number of aliphatic carboxylic acids is 1. The molecule has 0 heterocycles. The number of carbonyl (C=O) groups excluding carboxylic acids is 1. The minimum absolute atomic E-state index is 0.162. The van der Waals surface area contributed by atoms with Gasteiger partial charge in [0.15, 0.2) is 0 Å². The highest BCUT2D eigenvalue weighted by molar-refractivity contribution is 7.99. The third-order valence-electron chi connectivity index (χ3n) is 3.67. The van der Waals surface area contributed by atoms with Gasteiger partial charge in [-0.15, -0.1) is 0 Å². The molecule has 0 radical (unpaired) electrons. The molecular weight excluding hydrogens is 276 g/mol. The Morgan fingerprint density at radius 1 is 1.45 bits per heavy atom. The van der Waals surface area contributed by atoms with Crippen LogP contribution in [0.15, 0.2) is 0 Å². The van der Waals surface area contributed by atoms with Gasteiger partial charge in [0, 0.05) is 24.9 Å². The SMILES string of the molecule is CCSC1CCCC(NC(=O)N(C)CC(C)C(=O)O)C1. The van der Waals surface area contributed by atoms with Crippen LogP contribution in [0, 0.1) is 5.92 Å². The monoisotopic (exact) mass is 302 g/mol. The van der Waals surface area contributed by atoms with Crippen molar-refractivity contribution in [2.24, 2.45) is 5.92 Å². The number of thioether (sulfide) groups is 1. The Bertz CT molecular complexity index is 336. The average Bonchev–Trinajstić information content (AvgIpc) is 2.39. The number of carboxylic acids is 1. The normalized spacial score (nSPS) is 23.9. The second kappa shape index (κ2) is 8.39. The number of rotatable bonds is 6. The summed E-state index contributed by atoms with van der Waals surface area (Å²) in [4.78, 5) is 24.3. The Hall–Kier alpha value is -0.910. The van der Waals surface area contributed by atoms with E-state index in [0.717, 1.165) is 25.0 Å². The summed E-state index contributed by atoms with van der Waals surface area (Å²) in [7, 11) is 1.65. The third-order valence-corrected chi connectivity index (χ3v) is 4.90. The van der Waals surface area contributed by atoms with Crippen LogP contribution in [0.3, 0.4) is 0 Å². The van der Waals surface area contributed by atoms with Crippen LogP contribution in [-0.4, -0.2) is 52.6 Å². The highest BCUT2D eigenvalue weighted by Crippen LogP contribution is 2.28. The molecule has 1 rings (SSSR count). The van der Waals surface area contributed by atoms with Crippen LogP contribution >= 0.6 is 11.8 Å². The molecule has 0 aromatic rings. The maximum atomic E-state index is 12.0. The van der Waals surface area contributed by atoms with E-state index in [9.17, 15) is 9.59 Å². The van der Waals surface area contributed by atoms with Crippen LogP contribution in [0.25, 0.3) is 0 Å². The standard InChI is InChI=1S/C14H26N2O3S/c1-4-20-12-7-5-6-11(8-12)15-14(19)16(3)9-10(2)13(17)18/h10-12H,4-9H2,1-3H3,(H,15,19)(H,17,18). The van der Waals surface area contributed by atoms with Crippen LogP contribution in [0.1, 0.15) is 39.5 Å². The van der Waals surface area contributed by atoms with E-state index in [1.807, 2.05) is 11.8 Å². The summed E-state index contributed by atoms with van der Waals surface area (Å²) in [5.74, 6) is -0.302. The van der Waals surface area contributed by atoms with Gasteiger partial charge in [0.2, 0.25) is 0 Å². The smallest absolute Gasteiger partial charge is 0.317 e. The number of amides is 2. The quantitative estimate of drug-likeness (QED) is 0.790. The lowest BCUT2D eigenvalue weighted by Crippen LogP contribution is -2.46. The van der Waals surface area contributed by atoms with Crippen LogP contribution in [-0.2, 0) is 4.79 Å². The first-order valence-electron chi connectivity index (χ1n) is 7.30. The molecule has 0 aromatic heterocycles. The molecule has 3 atom stereocenters. The number of hydrogen-bond donors (Lipinski definition) is 2. The molecule has 0 saturated heterocycles. The maximum Gasteiger partial charge on any atom is 0.317 e. The predicted molar refractivity (Wildman–Crippen MR) is 82.1 cm³/mol. The maximum absolute atomic E-state index is 12.0. The first kappa shape index (κ1) is 17.1. The van der Waals surface area contributed by atoms with Crippen molar-refractivity contribution in [3.05, 3.63) is 0 Å². The largest absolute Gasteiger partial charge is 0.481 e. The Morgan fingerprint density at radius 3 is 2.75 bits per heavy atom. The van der Waals surface area contributed by atoms with Gasteiger partial charge < -0.3 is 15.3 Å². The molecule has 3 unspecified atom stereocenters. The van der Waals surface area contributed by atoms with Gasteiger partial charge in [-0.1, -0.05) is 20.3 Å². The van der Waals surface area contributed by atoms with Gasteiger partial charge in [-0.3, -0.25) is 4.79 Å². The molecule has 0 bridgehead atoms. The Labute approximate surface area is 125 Å². The van der Waals surface area contributed by atoms with E-state index >= 15 is 0 Å². The van der Waals surface area contributed by atoms with E-state index < -0.39 is 11.9 Å². The van der Waals surface area contributed by atoms with Gasteiger partial charge in [-0.05, 0) is 25.0 Å². The Morgan fingerprint density at radius 2 is 2.15 bits per heavy atom. The first-order valence-corrected chi connectivity index (χ1v) is 8.35. The van der Waals surface area contributed by atoms with E-state index in [4.69, 9.17) is 5.11 Å². The van der Waals surface area contributed by atoms with Crippen molar-refractivity contribution >= 4 is 23.8 Å². The molecule has 1 saturated carbocycles. The zero-order chi connectivity index (χ0) is 15.1. The molecule has 20 heavy (non-hydrogen) atoms. The zero-order valence-corrected chi connectivity index (χ0v) is 13.4. The summed E-state index contributed by atoms with van der Waals surface area (Å²) < 4.78 is 0. The molecule has 0 aromatic carbocycles. The summed E-state index contributed by atoms with van der Waals surface area (Å²) in [5.41, 5.74) is 0. The summed E-state index contributed by atoms with van der Waals surface area (Å²) in [5, 5.41) is 12.5. The topological polar surface area (TPSA) is 69.6 Å². The van der Waals surface area contributed by atoms with Crippen LogP contribution in [0.5, 0.6) is 0 Å². The molecular formula is C14H26N2O3S. The van der Waals surface area contributed by atoms with Gasteiger partial charge in [0.25, 0.3) is 0 Å². The van der Waals surface area contributed by atoms with Gasteiger partial charge >= 0.3 is 12.0 Å². The van der Waals surface area contributed by atoms with Gasteiger partial charge in [-0.2, -0.15) is 11.8 Å². The fourth-order valence-corrected chi connectivity index (χ4v) is 3.69. The Kier molecular flexibility index (Phi) is 7.19. The number of hydrogen-bond acceptors (Lipinski definition) is 3. The van der Waals surface area contributed by atoms with Crippen molar-refractivity contribution in [3.63, 3.8) is 0 Å². The average molecular weight is 302 g/mol. The zero-order valence-electron chi connectivity index (χ0n) is 12.6. The molecule has 1 aliphatic rings. The van der Waals surface area contributed by atoms with Gasteiger partial charge in [0.05, 0.1) is 5.92 Å². The summed E-state index contributed by atoms with van der Waals surface area (Å²) in [6.45, 7) is 4.01. The van der Waals surface area contributed by atoms with Crippen molar-refractivity contribution < 1.29 is 14.7 Å². The number of carboxylic acid groups (broad SMARTS) is 1. The van der Waals surface area contributed by atoms with Crippen molar-refractivity contribution in [1.29, 1.82) is 0 Å². The summed E-state index contributed by atoms with van der Waals surface area (Å²) >= 11 is 1.96. The molecule has 2 N–H and O–H groups in total. The second-order valence-electron chi connectivity index (χ2n) is 5.51. The molecule has 1 aliphatic carbocycles. The van der Waals surface area contributed by atoms with E-state index in [2.05, 4.69) is 12.2 Å². The minimum atomic E-state index is -0.873. The first-order chi connectivity index (χ1) is 9.43. The molecule has 2 amide bonds. The van der Waals surface area contributed by atoms with Crippen molar-refractivity contribution in [2.45, 2.75) is 50.8 Å². The van der Waals surface area contributed by atoms with E-state index in [1.54, 1.807) is 14.0 Å². The minimum Gasteiger partial charge on any atom is -0.481 e. The number of carbonyl (C=O) groups is 2. The summed E-state index contributed by atoms with van der Waals surface area (Å²) in [6, 6.07) is 0.0631. The van der Waals surface area contributed by atoms with Crippen LogP contribution in [0.2, 0.25) is 0 Å². The molecule has 0 aliphatic heterocycles. The number of urea groups is 1. The lowest BCUT2D eigenvalue weighted by molar-refractivity contribution is -0.141. The van der Waals surface area contributed by atoms with Gasteiger partial charge in [-0.25, -0.2) is 4.79 Å². The summed E-state index contributed by atoms with van der Waals surface area (Å²) in [6.07, 6.45) is 4.43. The highest BCUT2D eigenvalue weighted by Gasteiger charge is 2.25. The van der Waals surface area contributed by atoms with Gasteiger partial charge in [0.1, 0.15) is 0 Å². The molecule has 5 nitrogen and oxygen atoms in total. The Balaban J connectivity index is 2.38. The molecule has 116 valence electrons. The van der Waals surface area contributed by atoms with Crippen LogP contribution < -0.4 is 5.32 Å². The van der Waals surface area contributed by atoms with Crippen molar-refractivity contribution in [2.75, 3.05) is 19.3 Å². The fraction of sp³-hybridized carbons (Fsp3) is 0.857. The third kappa shape index (κ3) is 5.61. The predicted octanol–water partition coefficient (Wildman–Crippen LogP) is 2.41. The lowest BCUT2D eigenvalue weighted by Gasteiger charge is -2.31. The van der Waals surface area contributed by atoms with E-state index in [0.29, 0.717) is 5.25 Å². The van der Waals surface area contributed by atoms with E-state index in [1.165, 1.54) is 11.3 Å². The lowest BCUT2D eigenvalue weighted by atomic mass is 9.95. The molecule has 6 heteroatoms. The number of nitrogens with zero attached hydrogens (tertiary/aromatic N) is 1. The second-order valence-corrected chi connectivity index (χ2v) is 7.09. The molecule has 0 spiro atoms. The highest BCUT2D eigenvalue weighted by atomic mass is 32.2. The van der Waals surface area contributed by atoms with Crippen LogP contribution in [0.4, 0.5) is 4.79 Å². The number of nitrogens with one attached hydrogen (secondary N) is 1. The van der Waals surface area contributed by atoms with E-state index in [-0.39, 0.29) is 18.6 Å². The van der Waals surface area contributed by atoms with Crippen molar-refractivity contribution in [3.8, 4) is 0 Å². The van der Waals surface area contributed by atoms with Crippen molar-refractivity contribution in [1.82, 2.24) is 10.2 Å². The fourth-order valence-electron chi connectivity index (χ4n) is 2.52.